The van der Waals surface area contributed by atoms with E-state index in [1.54, 1.807) is 0 Å². The van der Waals surface area contributed by atoms with Gasteiger partial charge in [-0.1, -0.05) is 0 Å². The Hall–Kier alpha value is -0.810. The van der Waals surface area contributed by atoms with Gasteiger partial charge in [-0.05, 0) is 25.8 Å². The molecular formula is C9H16N2O3. The fraction of sp³-hybridized carbons (Fsp3) is 0.889. The molecule has 5 heteroatoms. The minimum absolute atomic E-state index is 0.0931. The topological polar surface area (TPSA) is 61.8 Å². The number of nitrogens with zero attached hydrogens (tertiary/aromatic N) is 1. The van der Waals surface area contributed by atoms with Crippen molar-refractivity contribution in [3.63, 3.8) is 0 Å². The van der Waals surface area contributed by atoms with Crippen molar-refractivity contribution in [3.8, 4) is 0 Å². The average Bonchev–Trinajstić information content (AvgIpc) is 2.19. The lowest BCUT2D eigenvalue weighted by Crippen LogP contribution is -2.55. The van der Waals surface area contributed by atoms with Crippen molar-refractivity contribution >= 4 is 6.09 Å². The van der Waals surface area contributed by atoms with E-state index in [9.17, 15) is 4.79 Å². The number of ether oxygens (including phenoxy) is 1. The summed E-state index contributed by atoms with van der Waals surface area (Å²) in [4.78, 5) is 12.0. The Morgan fingerprint density at radius 1 is 1.50 bits per heavy atom. The number of rotatable bonds is 0. The second kappa shape index (κ2) is 3.74. The molecule has 5 nitrogen and oxygen atoms in total. The molecule has 2 N–H and O–H groups in total. The smallest absolute Gasteiger partial charge is 0.409 e. The Balaban J connectivity index is 1.90. The molecule has 2 aliphatic rings. The van der Waals surface area contributed by atoms with E-state index in [1.165, 1.54) is 4.90 Å². The van der Waals surface area contributed by atoms with E-state index >= 15 is 0 Å². The van der Waals surface area contributed by atoms with Gasteiger partial charge in [0.05, 0.1) is 5.60 Å². The van der Waals surface area contributed by atoms with Crippen LogP contribution in [0.1, 0.15) is 19.3 Å². The molecule has 0 saturated carbocycles. The summed E-state index contributed by atoms with van der Waals surface area (Å²) in [6.45, 7) is 2.72. The first-order valence-electron chi connectivity index (χ1n) is 5.04. The molecule has 0 bridgehead atoms. The minimum atomic E-state index is -0.886. The third kappa shape index (κ3) is 1.83. The van der Waals surface area contributed by atoms with Gasteiger partial charge < -0.3 is 15.2 Å². The summed E-state index contributed by atoms with van der Waals surface area (Å²) in [6.07, 6.45) is 2.09. The molecule has 80 valence electrons. The zero-order valence-electron chi connectivity index (χ0n) is 8.16. The third-order valence-electron chi connectivity index (χ3n) is 3.07. The van der Waals surface area contributed by atoms with Crippen molar-refractivity contribution in [3.05, 3.63) is 0 Å². The first-order valence-corrected chi connectivity index (χ1v) is 5.04. The Kier molecular flexibility index (Phi) is 2.60. The molecule has 1 atom stereocenters. The number of amides is 1. The number of carboxylic acid groups (broad SMARTS) is 1. The van der Waals surface area contributed by atoms with Crippen LogP contribution < -0.4 is 5.32 Å². The zero-order valence-corrected chi connectivity index (χ0v) is 8.16. The molecule has 0 aromatic carbocycles. The largest absolute Gasteiger partial charge is 0.465 e. The van der Waals surface area contributed by atoms with Crippen LogP contribution in [0.3, 0.4) is 0 Å². The Morgan fingerprint density at radius 3 is 2.86 bits per heavy atom. The van der Waals surface area contributed by atoms with Gasteiger partial charge in [-0.3, -0.25) is 4.90 Å². The molecule has 2 rings (SSSR count). The minimum Gasteiger partial charge on any atom is -0.465 e. The second-order valence-corrected chi connectivity index (χ2v) is 4.03. The maximum absolute atomic E-state index is 10.7. The van der Waals surface area contributed by atoms with Gasteiger partial charge in [-0.25, -0.2) is 4.79 Å². The average molecular weight is 200 g/mol. The lowest BCUT2D eigenvalue weighted by Gasteiger charge is -2.43. The van der Waals surface area contributed by atoms with Crippen LogP contribution in [-0.2, 0) is 4.74 Å². The van der Waals surface area contributed by atoms with Gasteiger partial charge in [0.15, 0.2) is 0 Å². The van der Waals surface area contributed by atoms with Crippen LogP contribution in [-0.4, -0.2) is 48.1 Å². The number of hydrogen-bond donors (Lipinski definition) is 2. The van der Waals surface area contributed by atoms with E-state index in [0.717, 1.165) is 32.4 Å². The Labute approximate surface area is 83.0 Å². The summed E-state index contributed by atoms with van der Waals surface area (Å²) in [5.74, 6) is 0. The maximum atomic E-state index is 10.7. The van der Waals surface area contributed by atoms with Gasteiger partial charge in [0.25, 0.3) is 0 Å². The van der Waals surface area contributed by atoms with Crippen molar-refractivity contribution in [2.24, 2.45) is 0 Å². The summed E-state index contributed by atoms with van der Waals surface area (Å²) in [5.41, 5.74) is -0.0931. The molecule has 2 fully saturated rings. The van der Waals surface area contributed by atoms with Crippen LogP contribution in [0.2, 0.25) is 0 Å². The molecule has 1 spiro atoms. The molecule has 14 heavy (non-hydrogen) atoms. The normalized spacial score (nSPS) is 33.3. The Bertz CT molecular complexity index is 216. The molecular weight excluding hydrogens is 184 g/mol. The zero-order chi connectivity index (χ0) is 10.0. The molecule has 0 aromatic rings. The van der Waals surface area contributed by atoms with Gasteiger partial charge in [0, 0.05) is 13.1 Å². The molecule has 2 saturated heterocycles. The molecule has 1 unspecified atom stereocenters. The van der Waals surface area contributed by atoms with E-state index in [4.69, 9.17) is 9.84 Å². The standard InChI is InChI=1S/C9H16N2O3/c12-8(13)11-5-3-9(14-7-11)2-1-4-10-6-9/h10H,1-7H2,(H,12,13). The van der Waals surface area contributed by atoms with E-state index < -0.39 is 6.09 Å². The fourth-order valence-corrected chi connectivity index (χ4v) is 2.12. The molecule has 0 aromatic heterocycles. The van der Waals surface area contributed by atoms with Gasteiger partial charge >= 0.3 is 6.09 Å². The number of nitrogens with one attached hydrogen (secondary N) is 1. The summed E-state index contributed by atoms with van der Waals surface area (Å²) in [7, 11) is 0. The van der Waals surface area contributed by atoms with E-state index in [2.05, 4.69) is 5.32 Å². The van der Waals surface area contributed by atoms with E-state index in [-0.39, 0.29) is 12.3 Å². The van der Waals surface area contributed by atoms with E-state index in [0.29, 0.717) is 6.54 Å². The van der Waals surface area contributed by atoms with Gasteiger partial charge in [0.1, 0.15) is 6.73 Å². The predicted molar refractivity (Wildman–Crippen MR) is 50.1 cm³/mol. The maximum Gasteiger partial charge on any atom is 0.409 e. The lowest BCUT2D eigenvalue weighted by atomic mass is 9.89. The van der Waals surface area contributed by atoms with Crippen LogP contribution >= 0.6 is 0 Å². The highest BCUT2D eigenvalue weighted by Gasteiger charge is 2.37. The fourth-order valence-electron chi connectivity index (χ4n) is 2.12. The molecule has 0 radical (unpaired) electrons. The summed E-state index contributed by atoms with van der Waals surface area (Å²) < 4.78 is 5.66. The number of hydrogen-bond acceptors (Lipinski definition) is 3. The quantitative estimate of drug-likeness (QED) is 0.596. The Morgan fingerprint density at radius 2 is 2.36 bits per heavy atom. The van der Waals surface area contributed by atoms with Gasteiger partial charge in [-0.15, -0.1) is 0 Å². The monoisotopic (exact) mass is 200 g/mol. The first kappa shape index (κ1) is 9.73. The van der Waals surface area contributed by atoms with Crippen molar-refractivity contribution in [2.75, 3.05) is 26.4 Å². The summed E-state index contributed by atoms with van der Waals surface area (Å²) in [5, 5.41) is 12.1. The number of piperidine rings is 1. The lowest BCUT2D eigenvalue weighted by molar-refractivity contribution is -0.136. The highest BCUT2D eigenvalue weighted by molar-refractivity contribution is 5.64. The van der Waals surface area contributed by atoms with Crippen molar-refractivity contribution in [1.82, 2.24) is 10.2 Å². The first-order chi connectivity index (χ1) is 6.72. The SMILES string of the molecule is O=C(O)N1CCC2(CCCNC2)OC1. The summed E-state index contributed by atoms with van der Waals surface area (Å²) in [6, 6.07) is 0. The highest BCUT2D eigenvalue weighted by Crippen LogP contribution is 2.28. The highest BCUT2D eigenvalue weighted by atomic mass is 16.5. The van der Waals surface area contributed by atoms with Crippen molar-refractivity contribution in [1.29, 1.82) is 0 Å². The molecule has 2 heterocycles. The molecule has 0 aliphatic carbocycles. The predicted octanol–water partition coefficient (Wildman–Crippen LogP) is 0.466. The van der Waals surface area contributed by atoms with Crippen LogP contribution in [0.4, 0.5) is 4.79 Å². The van der Waals surface area contributed by atoms with Crippen molar-refractivity contribution < 1.29 is 14.6 Å². The van der Waals surface area contributed by atoms with Crippen LogP contribution in [0.25, 0.3) is 0 Å². The molecule has 2 aliphatic heterocycles. The van der Waals surface area contributed by atoms with Gasteiger partial charge in [-0.2, -0.15) is 0 Å². The van der Waals surface area contributed by atoms with Crippen molar-refractivity contribution in [2.45, 2.75) is 24.9 Å². The van der Waals surface area contributed by atoms with Gasteiger partial charge in [0.2, 0.25) is 0 Å². The van der Waals surface area contributed by atoms with Crippen LogP contribution in [0.5, 0.6) is 0 Å². The number of carbonyl (C=O) groups is 1. The van der Waals surface area contributed by atoms with Crippen LogP contribution in [0, 0.1) is 0 Å². The second-order valence-electron chi connectivity index (χ2n) is 4.03. The molecule has 1 amide bonds. The van der Waals surface area contributed by atoms with Crippen LogP contribution in [0.15, 0.2) is 0 Å². The summed E-state index contributed by atoms with van der Waals surface area (Å²) >= 11 is 0. The third-order valence-corrected chi connectivity index (χ3v) is 3.07. The van der Waals surface area contributed by atoms with E-state index in [1.807, 2.05) is 0 Å².